The first-order valence-electron chi connectivity index (χ1n) is 6.13. The van der Waals surface area contributed by atoms with Gasteiger partial charge in [0.25, 0.3) is 5.91 Å². The molecule has 0 bridgehead atoms. The molecule has 0 aliphatic heterocycles. The molecule has 0 aliphatic rings. The lowest BCUT2D eigenvalue weighted by Crippen LogP contribution is -2.32. The van der Waals surface area contributed by atoms with Crippen LogP contribution in [0.1, 0.15) is 10.5 Å². The number of nitrogens with one attached hydrogen (secondary N) is 1. The fraction of sp³-hybridized carbons (Fsp3) is 0.286. The van der Waals surface area contributed by atoms with E-state index in [9.17, 15) is 4.79 Å². The summed E-state index contributed by atoms with van der Waals surface area (Å²) in [5.41, 5.74) is 1.56. The van der Waals surface area contributed by atoms with Gasteiger partial charge in [-0.25, -0.2) is 4.98 Å². The van der Waals surface area contributed by atoms with Gasteiger partial charge in [0.05, 0.1) is 0 Å². The van der Waals surface area contributed by atoms with Crippen LogP contribution in [0.15, 0.2) is 35.7 Å². The third kappa shape index (κ3) is 3.39. The van der Waals surface area contributed by atoms with Crippen molar-refractivity contribution < 1.29 is 4.79 Å². The predicted octanol–water partition coefficient (Wildman–Crippen LogP) is 2.10. The Balaban J connectivity index is 2.11. The van der Waals surface area contributed by atoms with Crippen molar-refractivity contribution in [1.29, 1.82) is 0 Å². The van der Waals surface area contributed by atoms with Crippen molar-refractivity contribution in [3.05, 3.63) is 41.4 Å². The lowest BCUT2D eigenvalue weighted by molar-refractivity contribution is 0.0792. The number of aromatic nitrogens is 1. The molecule has 0 radical (unpaired) electrons. The van der Waals surface area contributed by atoms with Gasteiger partial charge >= 0.3 is 0 Å². The van der Waals surface area contributed by atoms with Crippen LogP contribution in [0.3, 0.4) is 0 Å². The maximum Gasteiger partial charge on any atom is 0.273 e. The van der Waals surface area contributed by atoms with E-state index in [0.29, 0.717) is 12.2 Å². The molecule has 2 rings (SSSR count). The van der Waals surface area contributed by atoms with Crippen LogP contribution < -0.4 is 5.32 Å². The molecule has 0 aliphatic carbocycles. The zero-order valence-electron chi connectivity index (χ0n) is 11.1. The molecule has 0 spiro atoms. The molecule has 1 heterocycles. The van der Waals surface area contributed by atoms with Crippen molar-refractivity contribution >= 4 is 17.2 Å². The number of carbonyl (C=O) groups excluding carboxylic acids is 1. The number of benzene rings is 1. The Morgan fingerprint density at radius 1 is 1.37 bits per heavy atom. The van der Waals surface area contributed by atoms with Gasteiger partial charge in [0.15, 0.2) is 0 Å². The van der Waals surface area contributed by atoms with Gasteiger partial charge in [-0.05, 0) is 7.05 Å². The average molecular weight is 275 g/mol. The van der Waals surface area contributed by atoms with Gasteiger partial charge in [-0.3, -0.25) is 4.79 Å². The van der Waals surface area contributed by atoms with Crippen LogP contribution in [-0.2, 0) is 0 Å². The summed E-state index contributed by atoms with van der Waals surface area (Å²) in [5, 5.41) is 5.72. The third-order valence-corrected chi connectivity index (χ3v) is 3.68. The van der Waals surface area contributed by atoms with Crippen LogP contribution >= 0.6 is 11.3 Å². The molecule has 1 amide bonds. The van der Waals surface area contributed by atoms with Crippen LogP contribution in [-0.4, -0.2) is 43.0 Å². The van der Waals surface area contributed by atoms with Crippen LogP contribution in [0.2, 0.25) is 0 Å². The highest BCUT2D eigenvalue weighted by Crippen LogP contribution is 2.23. The molecule has 0 atom stereocenters. The first-order chi connectivity index (χ1) is 9.22. The molecule has 0 fully saturated rings. The normalized spacial score (nSPS) is 10.4. The topological polar surface area (TPSA) is 45.2 Å². The molecule has 1 N–H and O–H groups in total. The monoisotopic (exact) mass is 275 g/mol. The van der Waals surface area contributed by atoms with Crippen molar-refractivity contribution in [2.75, 3.05) is 27.2 Å². The second-order valence-electron chi connectivity index (χ2n) is 4.23. The Morgan fingerprint density at radius 2 is 2.11 bits per heavy atom. The molecule has 100 valence electrons. The van der Waals surface area contributed by atoms with E-state index in [2.05, 4.69) is 10.3 Å². The van der Waals surface area contributed by atoms with E-state index < -0.39 is 0 Å². The van der Waals surface area contributed by atoms with Crippen LogP contribution in [0, 0.1) is 0 Å². The number of likely N-dealkylation sites (N-methyl/N-ethyl adjacent to an activating group) is 2. The van der Waals surface area contributed by atoms with E-state index in [-0.39, 0.29) is 5.91 Å². The van der Waals surface area contributed by atoms with E-state index in [0.717, 1.165) is 17.1 Å². The van der Waals surface area contributed by atoms with Crippen molar-refractivity contribution in [2.24, 2.45) is 0 Å². The highest BCUT2D eigenvalue weighted by atomic mass is 32.1. The van der Waals surface area contributed by atoms with Crippen molar-refractivity contribution in [3.8, 4) is 10.6 Å². The summed E-state index contributed by atoms with van der Waals surface area (Å²) in [6.45, 7) is 1.45. The first-order valence-corrected chi connectivity index (χ1v) is 7.01. The largest absolute Gasteiger partial charge is 0.339 e. The van der Waals surface area contributed by atoms with Gasteiger partial charge < -0.3 is 10.2 Å². The fourth-order valence-corrected chi connectivity index (χ4v) is 2.46. The Morgan fingerprint density at radius 3 is 2.79 bits per heavy atom. The summed E-state index contributed by atoms with van der Waals surface area (Å²) in [4.78, 5) is 18.2. The quantitative estimate of drug-likeness (QED) is 0.909. The molecule has 19 heavy (non-hydrogen) atoms. The minimum atomic E-state index is -0.0336. The molecule has 4 nitrogen and oxygen atoms in total. The van der Waals surface area contributed by atoms with Crippen molar-refractivity contribution in [1.82, 2.24) is 15.2 Å². The first kappa shape index (κ1) is 13.7. The maximum absolute atomic E-state index is 12.1. The highest BCUT2D eigenvalue weighted by molar-refractivity contribution is 7.13. The molecular weight excluding hydrogens is 258 g/mol. The number of rotatable bonds is 5. The van der Waals surface area contributed by atoms with Gasteiger partial charge in [0.1, 0.15) is 10.7 Å². The van der Waals surface area contributed by atoms with E-state index >= 15 is 0 Å². The summed E-state index contributed by atoms with van der Waals surface area (Å²) < 4.78 is 0. The van der Waals surface area contributed by atoms with Crippen LogP contribution in [0.5, 0.6) is 0 Å². The Kier molecular flexibility index (Phi) is 4.65. The van der Waals surface area contributed by atoms with Gasteiger partial charge in [0, 0.05) is 31.1 Å². The lowest BCUT2D eigenvalue weighted by Gasteiger charge is -2.15. The van der Waals surface area contributed by atoms with E-state index in [1.165, 1.54) is 11.3 Å². The predicted molar refractivity (Wildman–Crippen MR) is 78.4 cm³/mol. The Hall–Kier alpha value is -1.72. The average Bonchev–Trinajstić information content (AvgIpc) is 2.94. The number of hydrogen-bond acceptors (Lipinski definition) is 4. The summed E-state index contributed by atoms with van der Waals surface area (Å²) in [7, 11) is 3.66. The summed E-state index contributed by atoms with van der Waals surface area (Å²) in [6.07, 6.45) is 0. The molecule has 1 aromatic heterocycles. The summed E-state index contributed by atoms with van der Waals surface area (Å²) in [6, 6.07) is 9.90. The maximum atomic E-state index is 12.1. The molecule has 0 saturated heterocycles. The third-order valence-electron chi connectivity index (χ3n) is 2.79. The molecule has 0 unspecified atom stereocenters. The van der Waals surface area contributed by atoms with Gasteiger partial charge in [-0.1, -0.05) is 30.3 Å². The minimum absolute atomic E-state index is 0.0336. The van der Waals surface area contributed by atoms with Crippen LogP contribution in [0.4, 0.5) is 0 Å². The van der Waals surface area contributed by atoms with Gasteiger partial charge in [-0.15, -0.1) is 11.3 Å². The standard InChI is InChI=1S/C14H17N3OS/c1-15-8-9-17(2)14(18)12-10-19-13(16-12)11-6-4-3-5-7-11/h3-7,10,15H,8-9H2,1-2H3. The van der Waals surface area contributed by atoms with Gasteiger partial charge in [0.2, 0.25) is 0 Å². The molecule has 1 aromatic carbocycles. The number of thiazole rings is 1. The molecule has 0 saturated carbocycles. The second-order valence-corrected chi connectivity index (χ2v) is 5.09. The minimum Gasteiger partial charge on any atom is -0.339 e. The molecular formula is C14H17N3OS. The zero-order chi connectivity index (χ0) is 13.7. The fourth-order valence-electron chi connectivity index (χ4n) is 1.66. The summed E-state index contributed by atoms with van der Waals surface area (Å²) in [5.74, 6) is -0.0336. The SMILES string of the molecule is CNCCN(C)C(=O)c1csc(-c2ccccc2)n1. The smallest absolute Gasteiger partial charge is 0.273 e. The second kappa shape index (κ2) is 6.45. The highest BCUT2D eigenvalue weighted by Gasteiger charge is 2.15. The van der Waals surface area contributed by atoms with Crippen molar-refractivity contribution in [3.63, 3.8) is 0 Å². The molecule has 5 heteroatoms. The number of carbonyl (C=O) groups is 1. The van der Waals surface area contributed by atoms with E-state index in [1.54, 1.807) is 11.9 Å². The van der Waals surface area contributed by atoms with Crippen LogP contribution in [0.25, 0.3) is 10.6 Å². The zero-order valence-corrected chi connectivity index (χ0v) is 11.9. The van der Waals surface area contributed by atoms with E-state index in [1.807, 2.05) is 42.8 Å². The Labute approximate surface area is 117 Å². The number of hydrogen-bond donors (Lipinski definition) is 1. The number of nitrogens with zero attached hydrogens (tertiary/aromatic N) is 2. The summed E-state index contributed by atoms with van der Waals surface area (Å²) >= 11 is 1.50. The van der Waals surface area contributed by atoms with E-state index in [4.69, 9.17) is 0 Å². The van der Waals surface area contributed by atoms with Crippen molar-refractivity contribution in [2.45, 2.75) is 0 Å². The van der Waals surface area contributed by atoms with Gasteiger partial charge in [-0.2, -0.15) is 0 Å². The lowest BCUT2D eigenvalue weighted by atomic mass is 10.2. The molecule has 2 aromatic rings. The Bertz CT molecular complexity index is 539. The number of amides is 1.